The lowest BCUT2D eigenvalue weighted by molar-refractivity contribution is -0.167. The normalized spacial score (nSPS) is 12.9. The molecule has 0 aliphatic carbocycles. The van der Waals surface area contributed by atoms with Crippen LogP contribution in [0.1, 0.15) is 278 Å². The molecular formula is C67H112O6. The molecule has 0 aromatic rings. The van der Waals surface area contributed by atoms with Crippen LogP contribution in [0.4, 0.5) is 0 Å². The lowest BCUT2D eigenvalue weighted by atomic mass is 10.1. The summed E-state index contributed by atoms with van der Waals surface area (Å²) >= 11 is 0. The van der Waals surface area contributed by atoms with Crippen molar-refractivity contribution < 1.29 is 28.6 Å². The van der Waals surface area contributed by atoms with Crippen LogP contribution in [0.15, 0.2) is 109 Å². The van der Waals surface area contributed by atoms with Gasteiger partial charge in [-0.05, 0) is 103 Å². The lowest BCUT2D eigenvalue weighted by Gasteiger charge is -2.18. The van der Waals surface area contributed by atoms with E-state index in [4.69, 9.17) is 14.2 Å². The zero-order valence-electron chi connectivity index (χ0n) is 47.6. The summed E-state index contributed by atoms with van der Waals surface area (Å²) in [5, 5.41) is 0. The van der Waals surface area contributed by atoms with Gasteiger partial charge in [-0.25, -0.2) is 0 Å². The Labute approximate surface area is 450 Å². The number of allylic oxidation sites excluding steroid dienone is 18. The maximum absolute atomic E-state index is 12.8. The molecule has 0 spiro atoms. The van der Waals surface area contributed by atoms with Crippen molar-refractivity contribution >= 4 is 17.9 Å². The highest BCUT2D eigenvalue weighted by atomic mass is 16.6. The molecule has 0 saturated heterocycles. The Kier molecular flexibility index (Phi) is 57.4. The minimum absolute atomic E-state index is 0.0839. The zero-order chi connectivity index (χ0) is 52.9. The molecule has 0 bridgehead atoms. The molecule has 6 nitrogen and oxygen atoms in total. The van der Waals surface area contributed by atoms with Crippen LogP contribution < -0.4 is 0 Å². The van der Waals surface area contributed by atoms with Crippen LogP contribution in [-0.2, 0) is 28.6 Å². The monoisotopic (exact) mass is 1010 g/mol. The number of carbonyl (C=O) groups excluding carboxylic acids is 3. The Hall–Kier alpha value is -3.93. The van der Waals surface area contributed by atoms with Gasteiger partial charge in [0.15, 0.2) is 6.10 Å². The van der Waals surface area contributed by atoms with Crippen molar-refractivity contribution in [2.45, 2.75) is 284 Å². The molecule has 0 fully saturated rings. The molecule has 0 amide bonds. The van der Waals surface area contributed by atoms with Crippen molar-refractivity contribution in [3.8, 4) is 0 Å². The van der Waals surface area contributed by atoms with Crippen molar-refractivity contribution in [2.75, 3.05) is 13.2 Å². The Morgan fingerprint density at radius 3 is 0.877 bits per heavy atom. The van der Waals surface area contributed by atoms with E-state index in [0.29, 0.717) is 19.3 Å². The third-order valence-corrected chi connectivity index (χ3v) is 12.8. The Morgan fingerprint density at radius 1 is 0.288 bits per heavy atom. The van der Waals surface area contributed by atoms with Gasteiger partial charge < -0.3 is 14.2 Å². The van der Waals surface area contributed by atoms with Crippen molar-refractivity contribution in [1.29, 1.82) is 0 Å². The van der Waals surface area contributed by atoms with E-state index in [0.717, 1.165) is 135 Å². The topological polar surface area (TPSA) is 78.9 Å². The molecule has 0 rings (SSSR count). The van der Waals surface area contributed by atoms with Gasteiger partial charge in [0.1, 0.15) is 13.2 Å². The van der Waals surface area contributed by atoms with E-state index in [1.807, 2.05) is 0 Å². The van der Waals surface area contributed by atoms with Crippen LogP contribution in [0.2, 0.25) is 0 Å². The fourth-order valence-corrected chi connectivity index (χ4v) is 8.20. The van der Waals surface area contributed by atoms with Crippen LogP contribution >= 0.6 is 0 Å². The number of esters is 3. The largest absolute Gasteiger partial charge is 0.462 e. The summed E-state index contributed by atoms with van der Waals surface area (Å²) in [4.78, 5) is 38.1. The highest BCUT2D eigenvalue weighted by Gasteiger charge is 2.19. The first kappa shape index (κ1) is 69.1. The molecule has 0 aliphatic rings. The first-order chi connectivity index (χ1) is 36.0. The number of ether oxygens (including phenoxy) is 3. The average molecular weight is 1010 g/mol. The molecule has 0 radical (unpaired) electrons. The Bertz CT molecular complexity index is 1490. The lowest BCUT2D eigenvalue weighted by Crippen LogP contribution is -2.30. The van der Waals surface area contributed by atoms with Gasteiger partial charge >= 0.3 is 17.9 Å². The van der Waals surface area contributed by atoms with Gasteiger partial charge in [-0.15, -0.1) is 0 Å². The first-order valence-electron chi connectivity index (χ1n) is 30.4. The fourth-order valence-electron chi connectivity index (χ4n) is 8.20. The van der Waals surface area contributed by atoms with Gasteiger partial charge in [0.2, 0.25) is 0 Å². The molecule has 1 atom stereocenters. The zero-order valence-corrected chi connectivity index (χ0v) is 47.6. The number of hydrogen-bond acceptors (Lipinski definition) is 6. The van der Waals surface area contributed by atoms with Crippen molar-refractivity contribution in [1.82, 2.24) is 0 Å². The van der Waals surface area contributed by atoms with Crippen molar-refractivity contribution in [3.63, 3.8) is 0 Å². The fraction of sp³-hybridized carbons (Fsp3) is 0.687. The van der Waals surface area contributed by atoms with Gasteiger partial charge in [0, 0.05) is 19.3 Å². The quantitative estimate of drug-likeness (QED) is 0.0261. The number of carbonyl (C=O) groups is 3. The average Bonchev–Trinajstić information content (AvgIpc) is 3.39. The standard InChI is InChI=1S/C67H112O6/c1-4-7-10-13-16-19-22-24-26-27-28-29-30-31-32-33-34-35-36-37-38-39-40-41-42-44-45-48-51-54-57-60-66(69)72-63-64(62-71-65(68)59-56-53-50-47-21-18-15-12-9-6-3)73-67(70)61-58-55-52-49-46-43-25-23-20-17-14-11-8-5-2/h7,10,14,16-17,19,23-26,28-29,31-32,34-35,37-38,64H,4-6,8-9,11-13,15,18,20-22,27,30,33,36,39-63H2,1-3H3/b10-7-,17-14-,19-16-,25-23-,26-24-,29-28-,32-31-,35-34-,38-37-. The smallest absolute Gasteiger partial charge is 0.306 e. The Balaban J connectivity index is 4.21. The van der Waals surface area contributed by atoms with Crippen LogP contribution in [0.5, 0.6) is 0 Å². The SMILES string of the molecule is CC/C=C\C/C=C\C/C=C\C/C=C\C/C=C\C/C=C\C/C=C\CCCCCCCCCCCC(=O)OCC(COC(=O)CCCCCCCCCCCC)OC(=O)CCCCCCC/C=C\C/C=C\CCCC. The van der Waals surface area contributed by atoms with E-state index in [9.17, 15) is 14.4 Å². The van der Waals surface area contributed by atoms with E-state index < -0.39 is 6.10 Å². The summed E-state index contributed by atoms with van der Waals surface area (Å²) in [6.45, 7) is 6.46. The second kappa shape index (κ2) is 60.6. The third-order valence-electron chi connectivity index (χ3n) is 12.8. The molecule has 6 heteroatoms. The third kappa shape index (κ3) is 58.8. The molecule has 0 aliphatic heterocycles. The molecule has 1 unspecified atom stereocenters. The molecule has 0 aromatic heterocycles. The molecule has 0 heterocycles. The van der Waals surface area contributed by atoms with E-state index >= 15 is 0 Å². The van der Waals surface area contributed by atoms with Crippen LogP contribution in [0.3, 0.4) is 0 Å². The predicted octanol–water partition coefficient (Wildman–Crippen LogP) is 20.7. The van der Waals surface area contributed by atoms with Crippen molar-refractivity contribution in [3.05, 3.63) is 109 Å². The summed E-state index contributed by atoms with van der Waals surface area (Å²) in [7, 11) is 0. The van der Waals surface area contributed by atoms with Gasteiger partial charge in [0.25, 0.3) is 0 Å². The predicted molar refractivity (Wildman–Crippen MR) is 316 cm³/mol. The summed E-state index contributed by atoms with van der Waals surface area (Å²) in [5.74, 6) is -0.903. The summed E-state index contributed by atoms with van der Waals surface area (Å²) < 4.78 is 16.8. The van der Waals surface area contributed by atoms with Crippen LogP contribution in [0, 0.1) is 0 Å². The van der Waals surface area contributed by atoms with E-state index in [1.165, 1.54) is 103 Å². The van der Waals surface area contributed by atoms with E-state index in [2.05, 4.69) is 130 Å². The highest BCUT2D eigenvalue weighted by molar-refractivity contribution is 5.71. The number of rotatable bonds is 54. The van der Waals surface area contributed by atoms with Crippen molar-refractivity contribution in [2.24, 2.45) is 0 Å². The minimum Gasteiger partial charge on any atom is -0.462 e. The summed E-state index contributed by atoms with van der Waals surface area (Å²) in [6.07, 6.45) is 82.4. The maximum atomic E-state index is 12.8. The molecule has 0 saturated carbocycles. The summed E-state index contributed by atoms with van der Waals surface area (Å²) in [5.41, 5.74) is 0. The summed E-state index contributed by atoms with van der Waals surface area (Å²) in [6, 6.07) is 0. The van der Waals surface area contributed by atoms with Crippen LogP contribution in [0.25, 0.3) is 0 Å². The first-order valence-corrected chi connectivity index (χ1v) is 30.4. The Morgan fingerprint density at radius 2 is 0.548 bits per heavy atom. The highest BCUT2D eigenvalue weighted by Crippen LogP contribution is 2.15. The number of unbranched alkanes of at least 4 members (excludes halogenated alkanes) is 25. The molecular weight excluding hydrogens is 901 g/mol. The van der Waals surface area contributed by atoms with Gasteiger partial charge in [-0.2, -0.15) is 0 Å². The molecule has 73 heavy (non-hydrogen) atoms. The molecule has 0 aromatic carbocycles. The second-order valence-electron chi connectivity index (χ2n) is 19.9. The van der Waals surface area contributed by atoms with Crippen LogP contribution in [-0.4, -0.2) is 37.2 Å². The molecule has 416 valence electrons. The maximum Gasteiger partial charge on any atom is 0.306 e. The van der Waals surface area contributed by atoms with Gasteiger partial charge in [-0.3, -0.25) is 14.4 Å². The number of hydrogen-bond donors (Lipinski definition) is 0. The van der Waals surface area contributed by atoms with E-state index in [-0.39, 0.29) is 31.1 Å². The molecule has 0 N–H and O–H groups in total. The van der Waals surface area contributed by atoms with Gasteiger partial charge in [0.05, 0.1) is 0 Å². The second-order valence-corrected chi connectivity index (χ2v) is 19.9. The minimum atomic E-state index is -0.786. The van der Waals surface area contributed by atoms with E-state index in [1.54, 1.807) is 0 Å². The van der Waals surface area contributed by atoms with Gasteiger partial charge in [-0.1, -0.05) is 265 Å².